The third-order valence-corrected chi connectivity index (χ3v) is 4.31. The van der Waals surface area contributed by atoms with E-state index in [4.69, 9.17) is 4.74 Å². The fraction of sp³-hybridized carbons (Fsp3) is 0.474. The maximum Gasteiger partial charge on any atom is 0.417 e. The van der Waals surface area contributed by atoms with Gasteiger partial charge in [0.05, 0.1) is 23.5 Å². The summed E-state index contributed by atoms with van der Waals surface area (Å²) in [6.45, 7) is 5.88. The van der Waals surface area contributed by atoms with Gasteiger partial charge in [-0.15, -0.1) is 0 Å². The minimum absolute atomic E-state index is 0.0329. The van der Waals surface area contributed by atoms with Crippen LogP contribution in [0.4, 0.5) is 18.0 Å². The highest BCUT2D eigenvalue weighted by molar-refractivity contribution is 5.69. The lowest BCUT2D eigenvalue weighted by Crippen LogP contribution is -2.36. The largest absolute Gasteiger partial charge is 0.444 e. The Labute approximate surface area is 155 Å². The summed E-state index contributed by atoms with van der Waals surface area (Å²) in [5.74, 6) is 0.463. The number of aromatic nitrogens is 2. The van der Waals surface area contributed by atoms with Crippen LogP contribution in [0.5, 0.6) is 0 Å². The van der Waals surface area contributed by atoms with Crippen LogP contribution in [0.3, 0.4) is 0 Å². The van der Waals surface area contributed by atoms with Crippen LogP contribution in [-0.4, -0.2) is 33.1 Å². The van der Waals surface area contributed by atoms with Gasteiger partial charge in [0, 0.05) is 12.1 Å². The Morgan fingerprint density at radius 3 is 2.63 bits per heavy atom. The molecule has 1 atom stereocenters. The number of likely N-dealkylation sites (tertiary alicyclic amines) is 1. The SMILES string of the molecule is CC(C)(C)OC(=O)N1CCCC1c1ncc(-c2ccccc2C(F)(F)F)[nH]1. The molecular weight excluding hydrogens is 359 g/mol. The zero-order chi connectivity index (χ0) is 19.8. The number of aromatic amines is 1. The van der Waals surface area contributed by atoms with Crippen LogP contribution in [0.2, 0.25) is 0 Å². The zero-order valence-corrected chi connectivity index (χ0v) is 15.4. The van der Waals surface area contributed by atoms with Gasteiger partial charge in [-0.3, -0.25) is 4.90 Å². The lowest BCUT2D eigenvalue weighted by molar-refractivity contribution is -0.137. The maximum absolute atomic E-state index is 13.3. The van der Waals surface area contributed by atoms with E-state index in [0.29, 0.717) is 18.8 Å². The summed E-state index contributed by atoms with van der Waals surface area (Å²) >= 11 is 0. The predicted octanol–water partition coefficient (Wildman–Crippen LogP) is 5.17. The van der Waals surface area contributed by atoms with E-state index in [-0.39, 0.29) is 17.3 Å². The monoisotopic (exact) mass is 381 g/mol. The maximum atomic E-state index is 13.3. The topological polar surface area (TPSA) is 58.2 Å². The minimum Gasteiger partial charge on any atom is -0.444 e. The molecule has 1 saturated heterocycles. The van der Waals surface area contributed by atoms with Crippen LogP contribution in [0.1, 0.15) is 51.0 Å². The molecule has 1 unspecified atom stereocenters. The number of imidazole rings is 1. The fourth-order valence-electron chi connectivity index (χ4n) is 3.20. The number of halogens is 3. The van der Waals surface area contributed by atoms with Gasteiger partial charge in [-0.1, -0.05) is 18.2 Å². The Morgan fingerprint density at radius 1 is 1.26 bits per heavy atom. The molecule has 1 aromatic heterocycles. The van der Waals surface area contributed by atoms with Gasteiger partial charge in [-0.2, -0.15) is 13.2 Å². The van der Waals surface area contributed by atoms with E-state index in [2.05, 4.69) is 9.97 Å². The van der Waals surface area contributed by atoms with Crippen LogP contribution >= 0.6 is 0 Å². The Hall–Kier alpha value is -2.51. The van der Waals surface area contributed by atoms with E-state index in [1.807, 2.05) is 0 Å². The second kappa shape index (κ2) is 6.90. The quantitative estimate of drug-likeness (QED) is 0.781. The van der Waals surface area contributed by atoms with Crippen LogP contribution < -0.4 is 0 Å². The fourth-order valence-corrected chi connectivity index (χ4v) is 3.20. The molecular formula is C19H22F3N3O2. The number of ether oxygens (including phenoxy) is 1. The number of hydrogen-bond donors (Lipinski definition) is 1. The van der Waals surface area contributed by atoms with Gasteiger partial charge in [0.2, 0.25) is 0 Å². The summed E-state index contributed by atoms with van der Waals surface area (Å²) < 4.78 is 45.2. The minimum atomic E-state index is -4.46. The summed E-state index contributed by atoms with van der Waals surface area (Å²) in [6, 6.07) is 5.00. The molecule has 5 nitrogen and oxygen atoms in total. The molecule has 0 radical (unpaired) electrons. The van der Waals surface area contributed by atoms with E-state index in [0.717, 1.165) is 12.5 Å². The Morgan fingerprint density at radius 2 is 1.96 bits per heavy atom. The summed E-state index contributed by atoms with van der Waals surface area (Å²) in [5, 5.41) is 0. The number of carbonyl (C=O) groups is 1. The first kappa shape index (κ1) is 19.3. The third-order valence-electron chi connectivity index (χ3n) is 4.31. The van der Waals surface area contributed by atoms with E-state index < -0.39 is 23.4 Å². The normalized spacial score (nSPS) is 18.0. The average molecular weight is 381 g/mol. The third kappa shape index (κ3) is 4.26. The van der Waals surface area contributed by atoms with Crippen LogP contribution in [0.25, 0.3) is 11.3 Å². The zero-order valence-electron chi connectivity index (χ0n) is 15.4. The second-order valence-electron chi connectivity index (χ2n) is 7.56. The van der Waals surface area contributed by atoms with Gasteiger partial charge < -0.3 is 9.72 Å². The number of amides is 1. The molecule has 0 bridgehead atoms. The molecule has 27 heavy (non-hydrogen) atoms. The average Bonchev–Trinajstić information content (AvgIpc) is 3.21. The first-order chi connectivity index (χ1) is 12.6. The molecule has 146 valence electrons. The first-order valence-corrected chi connectivity index (χ1v) is 8.77. The molecule has 1 fully saturated rings. The molecule has 2 aromatic rings. The molecule has 1 N–H and O–H groups in total. The van der Waals surface area contributed by atoms with Gasteiger partial charge in [0.1, 0.15) is 11.4 Å². The number of alkyl halides is 3. The Bertz CT molecular complexity index is 824. The number of nitrogens with one attached hydrogen (secondary N) is 1. The van der Waals surface area contributed by atoms with Crippen molar-refractivity contribution in [3.63, 3.8) is 0 Å². The highest BCUT2D eigenvalue weighted by atomic mass is 19.4. The van der Waals surface area contributed by atoms with Crippen molar-refractivity contribution >= 4 is 6.09 Å². The van der Waals surface area contributed by atoms with E-state index in [1.54, 1.807) is 31.7 Å². The van der Waals surface area contributed by atoms with Crippen molar-refractivity contribution < 1.29 is 22.7 Å². The smallest absolute Gasteiger partial charge is 0.417 e. The van der Waals surface area contributed by atoms with Crippen molar-refractivity contribution in [2.75, 3.05) is 6.54 Å². The van der Waals surface area contributed by atoms with Gasteiger partial charge in [0.25, 0.3) is 0 Å². The number of carbonyl (C=O) groups excluding carboxylic acids is 1. The molecule has 0 aliphatic carbocycles. The Kier molecular flexibility index (Phi) is 4.92. The summed E-state index contributed by atoms with van der Waals surface area (Å²) in [7, 11) is 0. The van der Waals surface area contributed by atoms with E-state index >= 15 is 0 Å². The molecule has 2 heterocycles. The van der Waals surface area contributed by atoms with Gasteiger partial charge in [0.15, 0.2) is 0 Å². The van der Waals surface area contributed by atoms with Gasteiger partial charge in [-0.25, -0.2) is 9.78 Å². The van der Waals surface area contributed by atoms with E-state index in [1.165, 1.54) is 18.3 Å². The summed E-state index contributed by atoms with van der Waals surface area (Å²) in [6.07, 6.45) is -2.08. The lowest BCUT2D eigenvalue weighted by Gasteiger charge is -2.27. The molecule has 0 spiro atoms. The highest BCUT2D eigenvalue weighted by Crippen LogP contribution is 2.38. The molecule has 1 amide bonds. The number of rotatable bonds is 2. The van der Waals surface area contributed by atoms with Crippen LogP contribution in [0, 0.1) is 0 Å². The number of nitrogens with zero attached hydrogens (tertiary/aromatic N) is 2. The predicted molar refractivity (Wildman–Crippen MR) is 93.9 cm³/mol. The van der Waals surface area contributed by atoms with Crippen LogP contribution in [-0.2, 0) is 10.9 Å². The second-order valence-corrected chi connectivity index (χ2v) is 7.56. The van der Waals surface area contributed by atoms with Crippen molar-refractivity contribution in [2.45, 2.75) is 51.4 Å². The lowest BCUT2D eigenvalue weighted by atomic mass is 10.0. The summed E-state index contributed by atoms with van der Waals surface area (Å²) in [5.41, 5.74) is -1.04. The standard InChI is InChI=1S/C19H22F3N3O2/c1-18(2,3)27-17(26)25-10-6-9-15(25)16-23-11-14(24-16)12-7-4-5-8-13(12)19(20,21)22/h4-5,7-8,11,15H,6,9-10H2,1-3H3,(H,23,24). The number of hydrogen-bond acceptors (Lipinski definition) is 3. The summed E-state index contributed by atoms with van der Waals surface area (Å²) in [4.78, 5) is 21.2. The number of benzene rings is 1. The van der Waals surface area contributed by atoms with Crippen molar-refractivity contribution in [1.82, 2.24) is 14.9 Å². The molecule has 3 rings (SSSR count). The van der Waals surface area contributed by atoms with Crippen molar-refractivity contribution in [2.24, 2.45) is 0 Å². The van der Waals surface area contributed by atoms with Gasteiger partial charge in [-0.05, 0) is 39.7 Å². The highest BCUT2D eigenvalue weighted by Gasteiger charge is 2.36. The molecule has 8 heteroatoms. The van der Waals surface area contributed by atoms with Crippen molar-refractivity contribution in [3.05, 3.63) is 41.9 Å². The van der Waals surface area contributed by atoms with E-state index in [9.17, 15) is 18.0 Å². The molecule has 1 aliphatic heterocycles. The van der Waals surface area contributed by atoms with Crippen molar-refractivity contribution in [1.29, 1.82) is 0 Å². The van der Waals surface area contributed by atoms with Crippen LogP contribution in [0.15, 0.2) is 30.5 Å². The van der Waals surface area contributed by atoms with Gasteiger partial charge >= 0.3 is 12.3 Å². The van der Waals surface area contributed by atoms with Crippen molar-refractivity contribution in [3.8, 4) is 11.3 Å². The molecule has 1 aromatic carbocycles. The molecule has 1 aliphatic rings. The number of H-pyrrole nitrogens is 1. The first-order valence-electron chi connectivity index (χ1n) is 8.77. The Balaban J connectivity index is 1.87. The molecule has 0 saturated carbocycles.